The molecule has 0 saturated carbocycles. The van der Waals surface area contributed by atoms with Gasteiger partial charge in [-0.3, -0.25) is 4.57 Å². The lowest BCUT2D eigenvalue weighted by Gasteiger charge is -2.26. The second-order valence-electron chi connectivity index (χ2n) is 4.17. The van der Waals surface area contributed by atoms with Crippen LogP contribution in [0.4, 0.5) is 5.82 Å². The van der Waals surface area contributed by atoms with Crippen molar-refractivity contribution in [1.29, 1.82) is 0 Å². The third kappa shape index (κ3) is 3.54. The van der Waals surface area contributed by atoms with E-state index in [0.29, 0.717) is 0 Å². The monoisotopic (exact) mass is 255 g/mol. The molecule has 18 heavy (non-hydrogen) atoms. The lowest BCUT2D eigenvalue weighted by atomic mass is 10.2. The van der Waals surface area contributed by atoms with Crippen LogP contribution in [0.3, 0.4) is 0 Å². The lowest BCUT2D eigenvalue weighted by molar-refractivity contribution is -0.105. The second kappa shape index (κ2) is 6.51. The largest absolute Gasteiger partial charge is 0.383 e. The lowest BCUT2D eigenvalue weighted by Crippen LogP contribution is -2.34. The molecule has 0 fully saturated rings. The van der Waals surface area contributed by atoms with E-state index in [0.717, 1.165) is 6.42 Å². The first-order valence-electron chi connectivity index (χ1n) is 6.02. The van der Waals surface area contributed by atoms with Gasteiger partial charge >= 0.3 is 5.69 Å². The van der Waals surface area contributed by atoms with Gasteiger partial charge < -0.3 is 15.2 Å². The van der Waals surface area contributed by atoms with Crippen LogP contribution in [0.1, 0.15) is 33.4 Å². The van der Waals surface area contributed by atoms with Crippen LogP contribution in [0.15, 0.2) is 17.1 Å². The zero-order valence-electron chi connectivity index (χ0n) is 11.3. The van der Waals surface area contributed by atoms with Crippen molar-refractivity contribution < 1.29 is 9.47 Å². The smallest absolute Gasteiger partial charge is 0.351 e. The molecule has 102 valence electrons. The molecule has 0 aromatic carbocycles. The maximum Gasteiger partial charge on any atom is 0.351 e. The van der Waals surface area contributed by atoms with Gasteiger partial charge in [-0.2, -0.15) is 4.98 Å². The van der Waals surface area contributed by atoms with Crippen LogP contribution in [-0.4, -0.2) is 28.9 Å². The zero-order valence-corrected chi connectivity index (χ0v) is 11.3. The van der Waals surface area contributed by atoms with E-state index in [2.05, 4.69) is 4.98 Å². The van der Waals surface area contributed by atoms with Crippen molar-refractivity contribution in [3.63, 3.8) is 0 Å². The van der Waals surface area contributed by atoms with Crippen molar-refractivity contribution in [3.05, 3.63) is 22.7 Å². The molecule has 0 spiro atoms. The maximum absolute atomic E-state index is 11.7. The van der Waals surface area contributed by atoms with Crippen LogP contribution >= 0.6 is 0 Å². The van der Waals surface area contributed by atoms with E-state index in [9.17, 15) is 4.79 Å². The molecule has 0 bridgehead atoms. The normalized spacial score (nSPS) is 16.2. The van der Waals surface area contributed by atoms with Gasteiger partial charge in [0.15, 0.2) is 0 Å². The topological polar surface area (TPSA) is 79.4 Å². The fourth-order valence-electron chi connectivity index (χ4n) is 1.71. The third-order valence-corrected chi connectivity index (χ3v) is 2.91. The summed E-state index contributed by atoms with van der Waals surface area (Å²) in [6.45, 7) is 5.74. The van der Waals surface area contributed by atoms with E-state index in [1.54, 1.807) is 26.3 Å². The molecule has 6 nitrogen and oxygen atoms in total. The highest BCUT2D eigenvalue weighted by Crippen LogP contribution is 2.15. The number of anilines is 1. The van der Waals surface area contributed by atoms with Crippen molar-refractivity contribution in [3.8, 4) is 0 Å². The minimum Gasteiger partial charge on any atom is -0.383 e. The van der Waals surface area contributed by atoms with Gasteiger partial charge in [0.1, 0.15) is 12.0 Å². The number of hydrogen-bond donors (Lipinski definition) is 1. The number of nitrogens with two attached hydrogens (primary N) is 1. The van der Waals surface area contributed by atoms with Crippen LogP contribution in [0.25, 0.3) is 0 Å². The number of hydrogen-bond acceptors (Lipinski definition) is 5. The first-order valence-corrected chi connectivity index (χ1v) is 6.02. The molecular weight excluding hydrogens is 234 g/mol. The predicted molar refractivity (Wildman–Crippen MR) is 69.3 cm³/mol. The Morgan fingerprint density at radius 2 is 2.17 bits per heavy atom. The summed E-state index contributed by atoms with van der Waals surface area (Å²) in [7, 11) is 1.64. The van der Waals surface area contributed by atoms with Crippen LogP contribution < -0.4 is 11.4 Å². The Labute approximate surface area is 107 Å². The van der Waals surface area contributed by atoms with E-state index in [-0.39, 0.29) is 18.0 Å². The number of rotatable bonds is 6. The molecular formula is C12H21N3O3. The number of methoxy groups -OCH3 is 1. The highest BCUT2D eigenvalue weighted by atomic mass is 16.5. The van der Waals surface area contributed by atoms with E-state index < -0.39 is 11.9 Å². The summed E-state index contributed by atoms with van der Waals surface area (Å²) in [4.78, 5) is 15.3. The Bertz CT molecular complexity index is 433. The SMILES string of the molecule is CC[C@H](OC(C)n1ccc(N)nc1=O)C(C)OC. The number of aromatic nitrogens is 2. The number of nitrogens with zero attached hydrogens (tertiary/aromatic N) is 2. The van der Waals surface area contributed by atoms with E-state index in [1.807, 2.05) is 13.8 Å². The first-order chi connectivity index (χ1) is 8.49. The third-order valence-electron chi connectivity index (χ3n) is 2.91. The summed E-state index contributed by atoms with van der Waals surface area (Å²) in [5.41, 5.74) is 5.03. The summed E-state index contributed by atoms with van der Waals surface area (Å²) in [6.07, 6.45) is 1.87. The van der Waals surface area contributed by atoms with Crippen LogP contribution in [0.2, 0.25) is 0 Å². The van der Waals surface area contributed by atoms with Gasteiger partial charge in [-0.1, -0.05) is 6.92 Å². The van der Waals surface area contributed by atoms with Crippen molar-refractivity contribution in [2.45, 2.75) is 45.6 Å². The van der Waals surface area contributed by atoms with Gasteiger partial charge in [-0.15, -0.1) is 0 Å². The van der Waals surface area contributed by atoms with Gasteiger partial charge in [-0.05, 0) is 26.3 Å². The second-order valence-corrected chi connectivity index (χ2v) is 4.17. The zero-order chi connectivity index (χ0) is 13.7. The number of nitrogen functional groups attached to an aromatic ring is 1. The molecule has 2 N–H and O–H groups in total. The Morgan fingerprint density at radius 1 is 1.50 bits per heavy atom. The summed E-state index contributed by atoms with van der Waals surface area (Å²) in [6, 6.07) is 1.57. The molecule has 3 atom stereocenters. The number of ether oxygens (including phenoxy) is 2. The van der Waals surface area contributed by atoms with E-state index >= 15 is 0 Å². The van der Waals surface area contributed by atoms with Gasteiger partial charge in [0.2, 0.25) is 0 Å². The molecule has 1 heterocycles. The molecule has 0 aliphatic carbocycles. The minimum absolute atomic E-state index is 0.0325. The van der Waals surface area contributed by atoms with Crippen LogP contribution in [0, 0.1) is 0 Å². The standard InChI is InChI=1S/C12H21N3O3/c1-5-10(8(2)17-4)18-9(3)15-7-6-11(13)14-12(15)16/h6-10H,5H2,1-4H3,(H2,13,14,16)/t8?,9?,10-/m0/s1. The molecule has 0 aliphatic rings. The van der Waals surface area contributed by atoms with Crippen molar-refractivity contribution >= 4 is 5.82 Å². The highest BCUT2D eigenvalue weighted by Gasteiger charge is 2.19. The fourth-order valence-corrected chi connectivity index (χ4v) is 1.71. The molecule has 0 saturated heterocycles. The summed E-state index contributed by atoms with van der Waals surface area (Å²) in [5.74, 6) is 0.209. The maximum atomic E-state index is 11.7. The highest BCUT2D eigenvalue weighted by molar-refractivity contribution is 5.23. The Hall–Kier alpha value is -1.40. The van der Waals surface area contributed by atoms with Gasteiger partial charge in [0.05, 0.1) is 12.2 Å². The van der Waals surface area contributed by atoms with Crippen molar-refractivity contribution in [2.75, 3.05) is 12.8 Å². The average molecular weight is 255 g/mol. The molecule has 0 radical (unpaired) electrons. The molecule has 1 aromatic heterocycles. The Morgan fingerprint density at radius 3 is 2.67 bits per heavy atom. The molecule has 1 aromatic rings. The quantitative estimate of drug-likeness (QED) is 0.825. The molecule has 1 rings (SSSR count). The van der Waals surface area contributed by atoms with Crippen molar-refractivity contribution in [1.82, 2.24) is 9.55 Å². The van der Waals surface area contributed by atoms with E-state index in [1.165, 1.54) is 4.57 Å². The molecule has 0 amide bonds. The predicted octanol–water partition coefficient (Wildman–Crippen LogP) is 1.17. The fraction of sp³-hybridized carbons (Fsp3) is 0.667. The van der Waals surface area contributed by atoms with Gasteiger partial charge in [0.25, 0.3) is 0 Å². The minimum atomic E-state index is -0.414. The van der Waals surface area contributed by atoms with Crippen molar-refractivity contribution in [2.24, 2.45) is 0 Å². The first kappa shape index (κ1) is 14.7. The molecule has 2 unspecified atom stereocenters. The summed E-state index contributed by atoms with van der Waals surface area (Å²) >= 11 is 0. The Balaban J connectivity index is 2.81. The summed E-state index contributed by atoms with van der Waals surface area (Å²) in [5, 5.41) is 0. The summed E-state index contributed by atoms with van der Waals surface area (Å²) < 4.78 is 12.5. The molecule has 0 aliphatic heterocycles. The molecule has 6 heteroatoms. The van der Waals surface area contributed by atoms with Crippen LogP contribution in [0.5, 0.6) is 0 Å². The Kier molecular flexibility index (Phi) is 5.30. The average Bonchev–Trinajstić information content (AvgIpc) is 2.34. The van der Waals surface area contributed by atoms with Gasteiger partial charge in [-0.25, -0.2) is 4.79 Å². The van der Waals surface area contributed by atoms with E-state index in [4.69, 9.17) is 15.2 Å². The van der Waals surface area contributed by atoms with Crippen LogP contribution in [-0.2, 0) is 9.47 Å². The van der Waals surface area contributed by atoms with Gasteiger partial charge in [0, 0.05) is 13.3 Å².